The molecule has 82 valence electrons. The second kappa shape index (κ2) is 4.65. The van der Waals surface area contributed by atoms with Gasteiger partial charge in [-0.25, -0.2) is 4.79 Å². The molecule has 0 aromatic rings. The molecule has 2 nitrogen and oxygen atoms in total. The van der Waals surface area contributed by atoms with Crippen molar-refractivity contribution in [2.45, 2.75) is 51.4 Å². The fourth-order valence-electron chi connectivity index (χ4n) is 2.61. The van der Waals surface area contributed by atoms with Gasteiger partial charge in [0.1, 0.15) is 0 Å². The molecule has 0 heterocycles. The average Bonchev–Trinajstić information content (AvgIpc) is 2.30. The van der Waals surface area contributed by atoms with Gasteiger partial charge in [-0.3, -0.25) is 0 Å². The molecule has 0 saturated heterocycles. The van der Waals surface area contributed by atoms with Gasteiger partial charge in [0.25, 0.3) is 0 Å². The molecule has 2 aliphatic rings. The smallest absolute Gasteiger partial charge is 0.331 e. The standard InChI is InChI=1S/C13H18O2/c14-13(15)12-9-5-4-8-11(12)10-6-2-1-3-7-10/h6H,1-5,7-9H2,(H,14,15). The van der Waals surface area contributed by atoms with Crippen LogP contribution >= 0.6 is 0 Å². The van der Waals surface area contributed by atoms with E-state index in [1.807, 2.05) is 0 Å². The van der Waals surface area contributed by atoms with Crippen LogP contribution < -0.4 is 0 Å². The summed E-state index contributed by atoms with van der Waals surface area (Å²) >= 11 is 0. The van der Waals surface area contributed by atoms with E-state index in [0.717, 1.165) is 44.1 Å². The van der Waals surface area contributed by atoms with Crippen LogP contribution in [0.2, 0.25) is 0 Å². The molecule has 0 bridgehead atoms. The van der Waals surface area contributed by atoms with Gasteiger partial charge in [-0.2, -0.15) is 0 Å². The van der Waals surface area contributed by atoms with Crippen molar-refractivity contribution in [3.8, 4) is 0 Å². The Hall–Kier alpha value is -1.05. The Balaban J connectivity index is 2.29. The molecule has 0 amide bonds. The van der Waals surface area contributed by atoms with E-state index in [0.29, 0.717) is 5.57 Å². The molecule has 1 N–H and O–H groups in total. The Morgan fingerprint density at radius 1 is 1.07 bits per heavy atom. The van der Waals surface area contributed by atoms with Crippen LogP contribution in [0.15, 0.2) is 22.8 Å². The summed E-state index contributed by atoms with van der Waals surface area (Å²) in [4.78, 5) is 11.1. The summed E-state index contributed by atoms with van der Waals surface area (Å²) in [5.74, 6) is -0.698. The Morgan fingerprint density at radius 3 is 2.47 bits per heavy atom. The lowest BCUT2D eigenvalue weighted by Gasteiger charge is -2.22. The summed E-state index contributed by atoms with van der Waals surface area (Å²) in [5, 5.41) is 9.15. The quantitative estimate of drug-likeness (QED) is 0.751. The molecular formula is C13H18O2. The molecule has 0 fully saturated rings. The molecule has 0 aromatic heterocycles. The zero-order valence-electron chi connectivity index (χ0n) is 9.09. The zero-order valence-corrected chi connectivity index (χ0v) is 9.09. The van der Waals surface area contributed by atoms with Crippen molar-refractivity contribution in [3.05, 3.63) is 22.8 Å². The lowest BCUT2D eigenvalue weighted by molar-refractivity contribution is -0.133. The summed E-state index contributed by atoms with van der Waals surface area (Å²) < 4.78 is 0. The summed E-state index contributed by atoms with van der Waals surface area (Å²) in [6.07, 6.45) is 10.9. The molecule has 0 spiro atoms. The average molecular weight is 206 g/mol. The highest BCUT2D eigenvalue weighted by Crippen LogP contribution is 2.34. The third-order valence-corrected chi connectivity index (χ3v) is 3.40. The van der Waals surface area contributed by atoms with Crippen LogP contribution in [0.3, 0.4) is 0 Å². The van der Waals surface area contributed by atoms with Crippen LogP contribution in [-0.2, 0) is 4.79 Å². The molecule has 0 aromatic carbocycles. The number of hydrogen-bond acceptors (Lipinski definition) is 1. The van der Waals surface area contributed by atoms with Gasteiger partial charge in [0.05, 0.1) is 0 Å². The minimum atomic E-state index is -0.698. The van der Waals surface area contributed by atoms with Crippen LogP contribution in [-0.4, -0.2) is 11.1 Å². The molecule has 0 saturated carbocycles. The van der Waals surface area contributed by atoms with Crippen LogP contribution in [0.25, 0.3) is 0 Å². The molecule has 0 atom stereocenters. The Kier molecular flexibility index (Phi) is 3.24. The summed E-state index contributed by atoms with van der Waals surface area (Å²) in [6.45, 7) is 0. The van der Waals surface area contributed by atoms with Gasteiger partial charge < -0.3 is 5.11 Å². The molecule has 0 unspecified atom stereocenters. The highest BCUT2D eigenvalue weighted by molar-refractivity contribution is 5.88. The van der Waals surface area contributed by atoms with Crippen molar-refractivity contribution in [1.82, 2.24) is 0 Å². The number of carbonyl (C=O) groups is 1. The van der Waals surface area contributed by atoms with Gasteiger partial charge in [0.15, 0.2) is 0 Å². The van der Waals surface area contributed by atoms with E-state index in [1.165, 1.54) is 18.4 Å². The highest BCUT2D eigenvalue weighted by atomic mass is 16.4. The van der Waals surface area contributed by atoms with E-state index in [1.54, 1.807) is 0 Å². The van der Waals surface area contributed by atoms with E-state index in [4.69, 9.17) is 5.11 Å². The normalized spacial score (nSPS) is 22.5. The maximum atomic E-state index is 11.1. The second-order valence-corrected chi connectivity index (χ2v) is 4.44. The Morgan fingerprint density at radius 2 is 1.80 bits per heavy atom. The SMILES string of the molecule is O=C(O)C1=C(C2=CCCCC2)CCCC1. The third-order valence-electron chi connectivity index (χ3n) is 3.40. The van der Waals surface area contributed by atoms with Gasteiger partial charge in [0, 0.05) is 5.57 Å². The van der Waals surface area contributed by atoms with E-state index in [2.05, 4.69) is 6.08 Å². The predicted octanol–water partition coefficient (Wildman–Crippen LogP) is 3.44. The molecule has 2 rings (SSSR count). The first-order chi connectivity index (χ1) is 7.29. The van der Waals surface area contributed by atoms with Crippen molar-refractivity contribution in [2.75, 3.05) is 0 Å². The van der Waals surface area contributed by atoms with Crippen molar-refractivity contribution >= 4 is 5.97 Å². The number of rotatable bonds is 2. The van der Waals surface area contributed by atoms with E-state index in [-0.39, 0.29) is 0 Å². The van der Waals surface area contributed by atoms with E-state index in [9.17, 15) is 4.79 Å². The van der Waals surface area contributed by atoms with Crippen LogP contribution in [0.5, 0.6) is 0 Å². The molecule has 15 heavy (non-hydrogen) atoms. The maximum Gasteiger partial charge on any atom is 0.331 e. The molecule has 2 aliphatic carbocycles. The van der Waals surface area contributed by atoms with Crippen molar-refractivity contribution in [1.29, 1.82) is 0 Å². The number of carboxylic acids is 1. The van der Waals surface area contributed by atoms with Gasteiger partial charge in [-0.05, 0) is 62.5 Å². The van der Waals surface area contributed by atoms with Gasteiger partial charge in [0.2, 0.25) is 0 Å². The fourth-order valence-corrected chi connectivity index (χ4v) is 2.61. The highest BCUT2D eigenvalue weighted by Gasteiger charge is 2.21. The van der Waals surface area contributed by atoms with Gasteiger partial charge in [-0.1, -0.05) is 6.08 Å². The Labute approximate surface area is 90.7 Å². The van der Waals surface area contributed by atoms with Crippen molar-refractivity contribution in [3.63, 3.8) is 0 Å². The molecule has 0 aliphatic heterocycles. The third kappa shape index (κ3) is 2.31. The zero-order chi connectivity index (χ0) is 10.7. The molecule has 2 heteroatoms. The number of hydrogen-bond donors (Lipinski definition) is 1. The topological polar surface area (TPSA) is 37.3 Å². The first kappa shape index (κ1) is 10.5. The summed E-state index contributed by atoms with van der Waals surface area (Å²) in [5.41, 5.74) is 3.18. The number of allylic oxidation sites excluding steroid dienone is 3. The summed E-state index contributed by atoms with van der Waals surface area (Å²) in [6, 6.07) is 0. The van der Waals surface area contributed by atoms with Gasteiger partial charge >= 0.3 is 5.97 Å². The van der Waals surface area contributed by atoms with E-state index >= 15 is 0 Å². The predicted molar refractivity (Wildman–Crippen MR) is 59.7 cm³/mol. The van der Waals surface area contributed by atoms with Crippen LogP contribution in [0.4, 0.5) is 0 Å². The molecular weight excluding hydrogens is 188 g/mol. The van der Waals surface area contributed by atoms with Gasteiger partial charge in [-0.15, -0.1) is 0 Å². The fraction of sp³-hybridized carbons (Fsp3) is 0.615. The Bertz CT molecular complexity index is 323. The van der Waals surface area contributed by atoms with Crippen LogP contribution in [0, 0.1) is 0 Å². The largest absolute Gasteiger partial charge is 0.478 e. The minimum Gasteiger partial charge on any atom is -0.478 e. The maximum absolute atomic E-state index is 11.1. The lowest BCUT2D eigenvalue weighted by Crippen LogP contribution is -2.11. The molecule has 0 radical (unpaired) electrons. The minimum absolute atomic E-state index is 0.689. The first-order valence-corrected chi connectivity index (χ1v) is 5.94. The summed E-state index contributed by atoms with van der Waals surface area (Å²) in [7, 11) is 0. The van der Waals surface area contributed by atoms with E-state index < -0.39 is 5.97 Å². The second-order valence-electron chi connectivity index (χ2n) is 4.44. The monoisotopic (exact) mass is 206 g/mol. The van der Waals surface area contributed by atoms with Crippen molar-refractivity contribution < 1.29 is 9.90 Å². The van der Waals surface area contributed by atoms with Crippen molar-refractivity contribution in [2.24, 2.45) is 0 Å². The van der Waals surface area contributed by atoms with Crippen LogP contribution in [0.1, 0.15) is 51.4 Å². The first-order valence-electron chi connectivity index (χ1n) is 5.94. The number of aliphatic carboxylic acids is 1. The number of carboxylic acid groups (broad SMARTS) is 1. The lowest BCUT2D eigenvalue weighted by atomic mass is 9.83.